The van der Waals surface area contributed by atoms with Crippen LogP contribution >= 0.6 is 15.9 Å². The second-order valence-corrected chi connectivity index (χ2v) is 5.81. The first-order chi connectivity index (χ1) is 7.76. The Kier molecular flexibility index (Phi) is 4.36. The Balaban J connectivity index is 3.05. The van der Waals surface area contributed by atoms with Crippen LogP contribution in [0.25, 0.3) is 0 Å². The number of benzene rings is 1. The van der Waals surface area contributed by atoms with Gasteiger partial charge in [0.1, 0.15) is 0 Å². The Labute approximate surface area is 112 Å². The van der Waals surface area contributed by atoms with E-state index in [1.807, 2.05) is 46.8 Å². The minimum atomic E-state index is -0.235. The third kappa shape index (κ3) is 3.56. The molecule has 0 heterocycles. The van der Waals surface area contributed by atoms with E-state index in [1.165, 1.54) is 5.56 Å². The van der Waals surface area contributed by atoms with E-state index < -0.39 is 0 Å². The summed E-state index contributed by atoms with van der Waals surface area (Å²) >= 11 is 3.41. The minimum Gasteiger partial charge on any atom is -0.346 e. The summed E-state index contributed by atoms with van der Waals surface area (Å²) in [5.74, 6) is 0.00412. The number of hydrogen-bond donors (Lipinski definition) is 1. The van der Waals surface area contributed by atoms with Crippen LogP contribution in [0, 0.1) is 20.8 Å². The Morgan fingerprint density at radius 1 is 1.24 bits per heavy atom. The van der Waals surface area contributed by atoms with E-state index in [1.54, 1.807) is 0 Å². The van der Waals surface area contributed by atoms with Crippen molar-refractivity contribution < 1.29 is 4.79 Å². The van der Waals surface area contributed by atoms with Gasteiger partial charge < -0.3 is 5.32 Å². The average molecular weight is 298 g/mol. The molecule has 1 rings (SSSR count). The Hall–Kier alpha value is -0.830. The highest BCUT2D eigenvalue weighted by molar-refractivity contribution is 9.09. The fourth-order valence-electron chi connectivity index (χ4n) is 1.94. The molecule has 1 aromatic rings. The molecular formula is C14H20BrNO. The second kappa shape index (κ2) is 5.21. The lowest BCUT2D eigenvalue weighted by atomic mass is 9.98. The molecule has 94 valence electrons. The van der Waals surface area contributed by atoms with Gasteiger partial charge in [-0.15, -0.1) is 0 Å². The molecule has 0 fully saturated rings. The van der Waals surface area contributed by atoms with Crippen LogP contribution in [0.1, 0.15) is 40.9 Å². The summed E-state index contributed by atoms with van der Waals surface area (Å²) in [6, 6.07) is 4.09. The van der Waals surface area contributed by atoms with Crippen LogP contribution in [-0.4, -0.2) is 16.8 Å². The zero-order chi connectivity index (χ0) is 13.2. The molecule has 0 saturated carbocycles. The molecule has 1 amide bonds. The number of hydrogen-bond acceptors (Lipinski definition) is 1. The highest BCUT2D eigenvalue weighted by Crippen LogP contribution is 2.17. The van der Waals surface area contributed by atoms with Gasteiger partial charge in [-0.3, -0.25) is 4.79 Å². The number of carbonyl (C=O) groups excluding carboxylic acids is 1. The quantitative estimate of drug-likeness (QED) is 0.850. The van der Waals surface area contributed by atoms with Crippen LogP contribution in [-0.2, 0) is 0 Å². The van der Waals surface area contributed by atoms with Crippen molar-refractivity contribution in [1.29, 1.82) is 0 Å². The normalized spacial score (nSPS) is 11.4. The maximum Gasteiger partial charge on any atom is 0.252 e. The third-order valence-corrected chi connectivity index (χ3v) is 4.09. The average Bonchev–Trinajstić information content (AvgIpc) is 2.14. The first-order valence-electron chi connectivity index (χ1n) is 5.73. The van der Waals surface area contributed by atoms with Crippen molar-refractivity contribution in [2.75, 3.05) is 5.33 Å². The molecule has 0 unspecified atom stereocenters. The maximum absolute atomic E-state index is 12.2. The van der Waals surface area contributed by atoms with Gasteiger partial charge in [0, 0.05) is 16.4 Å². The number of carbonyl (C=O) groups is 1. The van der Waals surface area contributed by atoms with E-state index in [0.717, 1.165) is 22.0 Å². The van der Waals surface area contributed by atoms with Crippen molar-refractivity contribution >= 4 is 21.8 Å². The molecule has 0 atom stereocenters. The fraction of sp³-hybridized carbons (Fsp3) is 0.500. The molecule has 0 aliphatic rings. The van der Waals surface area contributed by atoms with Crippen LogP contribution < -0.4 is 5.32 Å². The van der Waals surface area contributed by atoms with Crippen LogP contribution in [0.15, 0.2) is 12.1 Å². The predicted octanol–water partition coefficient (Wildman–Crippen LogP) is 3.52. The van der Waals surface area contributed by atoms with Gasteiger partial charge in [-0.2, -0.15) is 0 Å². The summed E-state index contributed by atoms with van der Waals surface area (Å²) in [7, 11) is 0. The lowest BCUT2D eigenvalue weighted by molar-refractivity contribution is 0.0920. The van der Waals surface area contributed by atoms with E-state index in [0.29, 0.717) is 0 Å². The molecule has 0 aromatic heterocycles. The van der Waals surface area contributed by atoms with Crippen LogP contribution in [0.4, 0.5) is 0 Å². The molecule has 17 heavy (non-hydrogen) atoms. The van der Waals surface area contributed by atoms with Crippen molar-refractivity contribution in [3.8, 4) is 0 Å². The highest BCUT2D eigenvalue weighted by Gasteiger charge is 2.21. The van der Waals surface area contributed by atoms with Crippen molar-refractivity contribution in [3.63, 3.8) is 0 Å². The second-order valence-electron chi connectivity index (χ2n) is 5.25. The summed E-state index contributed by atoms with van der Waals surface area (Å²) in [5, 5.41) is 3.77. The molecule has 0 aliphatic heterocycles. The topological polar surface area (TPSA) is 29.1 Å². The van der Waals surface area contributed by atoms with E-state index in [4.69, 9.17) is 0 Å². The third-order valence-electron chi connectivity index (χ3n) is 2.69. The fourth-order valence-corrected chi connectivity index (χ4v) is 2.08. The van der Waals surface area contributed by atoms with Crippen molar-refractivity contribution in [2.24, 2.45) is 0 Å². The van der Waals surface area contributed by atoms with Gasteiger partial charge in [0.2, 0.25) is 0 Å². The Morgan fingerprint density at radius 2 is 1.71 bits per heavy atom. The first-order valence-corrected chi connectivity index (χ1v) is 6.85. The standard InChI is InChI=1S/C14H20BrNO/c1-9-6-10(2)12(11(3)7-9)13(17)16-14(4,5)8-15/h6-7H,8H2,1-5H3,(H,16,17). The van der Waals surface area contributed by atoms with Gasteiger partial charge in [0.15, 0.2) is 0 Å². The first kappa shape index (κ1) is 14.2. The van der Waals surface area contributed by atoms with E-state index in [2.05, 4.69) is 21.2 Å². The smallest absolute Gasteiger partial charge is 0.252 e. The monoisotopic (exact) mass is 297 g/mol. The summed E-state index contributed by atoms with van der Waals surface area (Å²) in [6.45, 7) is 10.0. The lowest BCUT2D eigenvalue weighted by Gasteiger charge is -2.24. The van der Waals surface area contributed by atoms with E-state index in [9.17, 15) is 4.79 Å². The lowest BCUT2D eigenvalue weighted by Crippen LogP contribution is -2.45. The molecule has 0 radical (unpaired) electrons. The van der Waals surface area contributed by atoms with Crippen molar-refractivity contribution in [3.05, 3.63) is 34.4 Å². The van der Waals surface area contributed by atoms with Gasteiger partial charge in [-0.25, -0.2) is 0 Å². The number of rotatable bonds is 3. The van der Waals surface area contributed by atoms with Gasteiger partial charge in [0.05, 0.1) is 0 Å². The predicted molar refractivity (Wildman–Crippen MR) is 76.0 cm³/mol. The molecule has 0 spiro atoms. The largest absolute Gasteiger partial charge is 0.346 e. The van der Waals surface area contributed by atoms with Gasteiger partial charge >= 0.3 is 0 Å². The maximum atomic E-state index is 12.2. The zero-order valence-corrected chi connectivity index (χ0v) is 12.7. The molecule has 1 aromatic carbocycles. The number of amides is 1. The summed E-state index contributed by atoms with van der Waals surface area (Å²) in [4.78, 5) is 12.2. The zero-order valence-electron chi connectivity index (χ0n) is 11.1. The van der Waals surface area contributed by atoms with Gasteiger partial charge in [-0.05, 0) is 45.7 Å². The Bertz CT molecular complexity index is 415. The Morgan fingerprint density at radius 3 is 2.12 bits per heavy atom. The van der Waals surface area contributed by atoms with E-state index >= 15 is 0 Å². The number of halogens is 1. The molecule has 0 aliphatic carbocycles. The summed E-state index contributed by atoms with van der Waals surface area (Å²) in [6.07, 6.45) is 0. The van der Waals surface area contributed by atoms with Gasteiger partial charge in [-0.1, -0.05) is 33.6 Å². The molecule has 1 N–H and O–H groups in total. The van der Waals surface area contributed by atoms with Crippen LogP contribution in [0.3, 0.4) is 0 Å². The molecule has 2 nitrogen and oxygen atoms in total. The van der Waals surface area contributed by atoms with Gasteiger partial charge in [0.25, 0.3) is 5.91 Å². The number of aryl methyl sites for hydroxylation is 3. The summed E-state index contributed by atoms with van der Waals surface area (Å²) in [5.41, 5.74) is 3.82. The van der Waals surface area contributed by atoms with Crippen LogP contribution in [0.5, 0.6) is 0 Å². The van der Waals surface area contributed by atoms with Crippen LogP contribution in [0.2, 0.25) is 0 Å². The molecule has 0 saturated heterocycles. The molecule has 3 heteroatoms. The molecule has 0 bridgehead atoms. The highest BCUT2D eigenvalue weighted by atomic mass is 79.9. The number of nitrogens with one attached hydrogen (secondary N) is 1. The minimum absolute atomic E-state index is 0.00412. The van der Waals surface area contributed by atoms with Crippen molar-refractivity contribution in [2.45, 2.75) is 40.2 Å². The molecular weight excluding hydrogens is 278 g/mol. The summed E-state index contributed by atoms with van der Waals surface area (Å²) < 4.78 is 0. The van der Waals surface area contributed by atoms with E-state index in [-0.39, 0.29) is 11.4 Å². The SMILES string of the molecule is Cc1cc(C)c(C(=O)NC(C)(C)CBr)c(C)c1. The number of alkyl halides is 1. The van der Waals surface area contributed by atoms with Crippen molar-refractivity contribution in [1.82, 2.24) is 5.32 Å².